The molecule has 0 saturated carbocycles. The normalized spacial score (nSPS) is 16.9. The number of hydrogen-bond donors (Lipinski definition) is 0. The van der Waals surface area contributed by atoms with Crippen LogP contribution in [0.2, 0.25) is 5.02 Å². The van der Waals surface area contributed by atoms with Gasteiger partial charge in [0.25, 0.3) is 0 Å². The molecule has 2 aromatic heterocycles. The third-order valence-electron chi connectivity index (χ3n) is 5.48. The minimum atomic E-state index is -0.615. The van der Waals surface area contributed by atoms with Crippen molar-refractivity contribution in [1.29, 1.82) is 0 Å². The molecule has 29 heavy (non-hydrogen) atoms. The molecular formula is C21H27ClN4O2S. The molecule has 1 saturated heterocycles. The van der Waals surface area contributed by atoms with E-state index in [-0.39, 0.29) is 4.87 Å². The van der Waals surface area contributed by atoms with Crippen molar-refractivity contribution in [2.24, 2.45) is 5.92 Å². The maximum absolute atomic E-state index is 12.5. The Morgan fingerprint density at radius 1 is 1.31 bits per heavy atom. The fourth-order valence-corrected chi connectivity index (χ4v) is 4.94. The van der Waals surface area contributed by atoms with Gasteiger partial charge in [-0.1, -0.05) is 35.1 Å². The van der Waals surface area contributed by atoms with Gasteiger partial charge in [0.1, 0.15) is 11.0 Å². The predicted molar refractivity (Wildman–Crippen MR) is 120 cm³/mol. The summed E-state index contributed by atoms with van der Waals surface area (Å²) in [5.74, 6) is 0.614. The smallest absolute Gasteiger partial charge is 0.299 e. The summed E-state index contributed by atoms with van der Waals surface area (Å²) in [5.41, 5.74) is 0.621. The number of piperidine rings is 1. The average molecular weight is 435 g/mol. The van der Waals surface area contributed by atoms with E-state index in [2.05, 4.69) is 27.9 Å². The van der Waals surface area contributed by atoms with Crippen LogP contribution in [0.1, 0.15) is 25.4 Å². The summed E-state index contributed by atoms with van der Waals surface area (Å²) in [7, 11) is 0. The molecular weight excluding hydrogens is 408 g/mol. The lowest BCUT2D eigenvalue weighted by Crippen LogP contribution is -2.42. The Morgan fingerprint density at radius 2 is 2.00 bits per heavy atom. The summed E-state index contributed by atoms with van der Waals surface area (Å²) in [6.07, 6.45) is 8.73. The van der Waals surface area contributed by atoms with Crippen LogP contribution in [0, 0.1) is 5.92 Å². The van der Waals surface area contributed by atoms with Crippen molar-refractivity contribution in [2.45, 2.75) is 25.4 Å². The van der Waals surface area contributed by atoms with Crippen molar-refractivity contribution < 1.29 is 4.79 Å². The first-order valence-corrected chi connectivity index (χ1v) is 11.1. The van der Waals surface area contributed by atoms with Gasteiger partial charge in [-0.3, -0.25) is 24.0 Å². The van der Waals surface area contributed by atoms with Gasteiger partial charge in [0, 0.05) is 32.4 Å². The molecule has 1 unspecified atom stereocenters. The number of nitrogens with zero attached hydrogens (tertiary/aromatic N) is 4. The number of carbonyl (C=O) groups excluding carboxylic acids is 1. The van der Waals surface area contributed by atoms with Crippen molar-refractivity contribution >= 4 is 39.6 Å². The molecule has 0 amide bonds. The van der Waals surface area contributed by atoms with Gasteiger partial charge in [0.15, 0.2) is 6.29 Å². The molecule has 3 heterocycles. The Morgan fingerprint density at radius 3 is 2.62 bits per heavy atom. The highest BCUT2D eigenvalue weighted by Gasteiger charge is 2.28. The molecule has 2 aromatic rings. The molecule has 0 aromatic carbocycles. The Kier molecular flexibility index (Phi) is 7.77. The second kappa shape index (κ2) is 10.3. The molecule has 0 spiro atoms. The van der Waals surface area contributed by atoms with Crippen LogP contribution in [0.15, 0.2) is 42.4 Å². The van der Waals surface area contributed by atoms with Gasteiger partial charge in [-0.2, -0.15) is 0 Å². The van der Waals surface area contributed by atoms with Gasteiger partial charge in [-0.25, -0.2) is 4.98 Å². The molecule has 1 aliphatic heterocycles. The lowest BCUT2D eigenvalue weighted by molar-refractivity contribution is -0.116. The van der Waals surface area contributed by atoms with Crippen molar-refractivity contribution in [2.75, 3.05) is 32.7 Å². The van der Waals surface area contributed by atoms with Crippen molar-refractivity contribution in [3.63, 3.8) is 0 Å². The van der Waals surface area contributed by atoms with E-state index in [4.69, 9.17) is 11.6 Å². The highest BCUT2D eigenvalue weighted by atomic mass is 35.5. The van der Waals surface area contributed by atoms with E-state index in [1.54, 1.807) is 6.07 Å². The number of aromatic nitrogens is 2. The van der Waals surface area contributed by atoms with Gasteiger partial charge in [-0.05, 0) is 37.8 Å². The number of aldehydes is 1. The zero-order valence-electron chi connectivity index (χ0n) is 16.5. The summed E-state index contributed by atoms with van der Waals surface area (Å²) in [6.45, 7) is 12.0. The number of pyridine rings is 1. The monoisotopic (exact) mass is 434 g/mol. The number of carbonyl (C=O) groups is 1. The largest absolute Gasteiger partial charge is 0.311 e. The minimum absolute atomic E-state index is 0.182. The Labute approximate surface area is 180 Å². The highest BCUT2D eigenvalue weighted by molar-refractivity contribution is 7.16. The Hall–Kier alpha value is -1.80. The van der Waals surface area contributed by atoms with E-state index >= 15 is 0 Å². The summed E-state index contributed by atoms with van der Waals surface area (Å²) >= 11 is 7.11. The van der Waals surface area contributed by atoms with Gasteiger partial charge >= 0.3 is 4.87 Å². The molecule has 0 bridgehead atoms. The second-order valence-electron chi connectivity index (χ2n) is 7.37. The van der Waals surface area contributed by atoms with E-state index in [1.165, 1.54) is 10.8 Å². The summed E-state index contributed by atoms with van der Waals surface area (Å²) < 4.78 is 1.53. The number of hydrogen-bond acceptors (Lipinski definition) is 6. The molecule has 8 heteroatoms. The van der Waals surface area contributed by atoms with Crippen molar-refractivity contribution in [3.8, 4) is 0 Å². The van der Waals surface area contributed by atoms with E-state index in [0.717, 1.165) is 69.6 Å². The van der Waals surface area contributed by atoms with Crippen LogP contribution >= 0.6 is 22.9 Å². The van der Waals surface area contributed by atoms with Crippen LogP contribution in [0.4, 0.5) is 0 Å². The third-order valence-corrected chi connectivity index (χ3v) is 6.56. The first-order valence-electron chi connectivity index (χ1n) is 9.87. The number of likely N-dealkylation sites (tertiary alicyclic amines) is 1. The molecule has 0 aliphatic carbocycles. The molecule has 0 N–H and O–H groups in total. The first-order chi connectivity index (χ1) is 14.1. The molecule has 3 rings (SSSR count). The van der Waals surface area contributed by atoms with Gasteiger partial charge in [-0.15, -0.1) is 13.2 Å². The van der Waals surface area contributed by atoms with Crippen LogP contribution in [0.25, 0.3) is 10.3 Å². The number of thiazole rings is 1. The maximum Gasteiger partial charge on any atom is 0.311 e. The van der Waals surface area contributed by atoms with E-state index in [9.17, 15) is 9.59 Å². The van der Waals surface area contributed by atoms with Crippen molar-refractivity contribution in [3.05, 3.63) is 52.3 Å². The Bertz CT molecular complexity index is 907. The molecule has 1 atom stereocenters. The quantitative estimate of drug-likeness (QED) is 0.422. The summed E-state index contributed by atoms with van der Waals surface area (Å²) in [5, 5.41) is 0.455. The molecule has 6 nitrogen and oxygen atoms in total. The highest BCUT2D eigenvalue weighted by Crippen LogP contribution is 2.27. The fraction of sp³-hybridized carbons (Fsp3) is 0.476. The predicted octanol–water partition coefficient (Wildman–Crippen LogP) is 3.59. The van der Waals surface area contributed by atoms with Crippen LogP contribution < -0.4 is 4.87 Å². The number of fused-ring (bicyclic) bond motifs is 1. The van der Waals surface area contributed by atoms with E-state index in [0.29, 0.717) is 21.3 Å². The lowest BCUT2D eigenvalue weighted by atomic mass is 9.93. The van der Waals surface area contributed by atoms with Crippen LogP contribution in [0.5, 0.6) is 0 Å². The number of rotatable bonds is 10. The maximum atomic E-state index is 12.5. The summed E-state index contributed by atoms with van der Waals surface area (Å²) in [6, 6.07) is 1.71. The lowest BCUT2D eigenvalue weighted by Gasteiger charge is -2.36. The van der Waals surface area contributed by atoms with Gasteiger partial charge < -0.3 is 0 Å². The third kappa shape index (κ3) is 5.22. The van der Waals surface area contributed by atoms with E-state index in [1.807, 2.05) is 12.2 Å². The minimum Gasteiger partial charge on any atom is -0.299 e. The van der Waals surface area contributed by atoms with Gasteiger partial charge in [0.05, 0.1) is 10.5 Å². The molecule has 156 valence electrons. The zero-order chi connectivity index (χ0) is 20.8. The summed E-state index contributed by atoms with van der Waals surface area (Å²) in [4.78, 5) is 33.6. The molecule has 1 fully saturated rings. The number of halogens is 1. The van der Waals surface area contributed by atoms with Crippen molar-refractivity contribution in [1.82, 2.24) is 19.4 Å². The fourth-order valence-electron chi connectivity index (χ4n) is 3.95. The van der Waals surface area contributed by atoms with Crippen LogP contribution in [-0.4, -0.2) is 58.4 Å². The van der Waals surface area contributed by atoms with Crippen LogP contribution in [0.3, 0.4) is 0 Å². The Balaban J connectivity index is 1.65. The topological polar surface area (TPSA) is 58.4 Å². The average Bonchev–Trinajstić information content (AvgIpc) is 3.03. The van der Waals surface area contributed by atoms with Gasteiger partial charge in [0.2, 0.25) is 0 Å². The molecule has 1 aliphatic rings. The molecule has 0 radical (unpaired) electrons. The first kappa shape index (κ1) is 21.9. The second-order valence-corrected chi connectivity index (χ2v) is 8.75. The van der Waals surface area contributed by atoms with E-state index < -0.39 is 6.17 Å². The zero-order valence-corrected chi connectivity index (χ0v) is 18.1. The SMILES string of the molecule is C=CCN(CC=C)CCC1CCN(C(C=O)n2c(=O)sc3ncc(Cl)cc32)CC1. The van der Waals surface area contributed by atoms with Crippen LogP contribution in [-0.2, 0) is 4.79 Å². The standard InChI is InChI=1S/C21H27ClN4O2S/c1-3-8-24(9-4-2)10-5-16-6-11-25(12-7-16)19(15-27)26-18-13-17(22)14-23-20(18)29-21(26)28/h3-4,13-16,19H,1-2,5-12H2.